The van der Waals surface area contributed by atoms with Gasteiger partial charge >= 0.3 is 0 Å². The van der Waals surface area contributed by atoms with E-state index >= 15 is 0 Å². The van der Waals surface area contributed by atoms with E-state index in [0.29, 0.717) is 12.6 Å². The maximum Gasteiger partial charge on any atom is 0.251 e. The van der Waals surface area contributed by atoms with Crippen LogP contribution in [-0.2, 0) is 6.42 Å². The molecule has 39 heavy (non-hydrogen) atoms. The molecule has 1 amide bonds. The lowest BCUT2D eigenvalue weighted by molar-refractivity contribution is 0.0954. The minimum atomic E-state index is 0.0208. The van der Waals surface area contributed by atoms with Crippen molar-refractivity contribution in [2.75, 3.05) is 32.1 Å². The van der Waals surface area contributed by atoms with E-state index in [1.54, 1.807) is 0 Å². The number of aliphatic imine (C=N–C) groups is 1. The minimum Gasteiger partial charge on any atom is -0.369 e. The number of hydrogen-bond donors (Lipinski definition) is 2. The summed E-state index contributed by atoms with van der Waals surface area (Å²) in [7, 11) is 3.75. The van der Waals surface area contributed by atoms with E-state index in [-0.39, 0.29) is 5.91 Å². The normalized spacial score (nSPS) is 13.5. The minimum absolute atomic E-state index is 0.0208. The lowest BCUT2D eigenvalue weighted by Crippen LogP contribution is -2.37. The lowest BCUT2D eigenvalue weighted by Gasteiger charge is -2.37. The summed E-state index contributed by atoms with van der Waals surface area (Å²) >= 11 is 0. The summed E-state index contributed by atoms with van der Waals surface area (Å²) in [5.74, 6) is 0.0208. The molecule has 5 heteroatoms. The highest BCUT2D eigenvalue weighted by Crippen LogP contribution is 2.32. The second-order valence-electron chi connectivity index (χ2n) is 10.6. The van der Waals surface area contributed by atoms with Gasteiger partial charge in [-0.15, -0.1) is 0 Å². The summed E-state index contributed by atoms with van der Waals surface area (Å²) in [6.07, 6.45) is 9.40. The molecule has 5 nitrogen and oxygen atoms in total. The van der Waals surface area contributed by atoms with Gasteiger partial charge in [-0.3, -0.25) is 9.79 Å². The van der Waals surface area contributed by atoms with Crippen LogP contribution in [0.3, 0.4) is 0 Å². The van der Waals surface area contributed by atoms with Crippen molar-refractivity contribution in [3.05, 3.63) is 58.7 Å². The van der Waals surface area contributed by atoms with Crippen molar-refractivity contribution in [1.29, 1.82) is 0 Å². The van der Waals surface area contributed by atoms with Crippen LogP contribution < -0.4 is 15.5 Å². The van der Waals surface area contributed by atoms with Crippen LogP contribution in [0.15, 0.2) is 41.4 Å². The zero-order chi connectivity index (χ0) is 29.2. The molecule has 1 aliphatic carbocycles. The highest BCUT2D eigenvalue weighted by Gasteiger charge is 2.24. The van der Waals surface area contributed by atoms with Gasteiger partial charge in [0.25, 0.3) is 5.91 Å². The van der Waals surface area contributed by atoms with E-state index in [9.17, 15) is 4.79 Å². The third kappa shape index (κ3) is 11.5. The third-order valence-corrected chi connectivity index (χ3v) is 6.96. The van der Waals surface area contributed by atoms with Gasteiger partial charge in [-0.05, 0) is 95.9 Å². The summed E-state index contributed by atoms with van der Waals surface area (Å²) in [6, 6.07) is 13.1. The quantitative estimate of drug-likeness (QED) is 0.318. The molecule has 1 fully saturated rings. The first kappa shape index (κ1) is 34.4. The summed E-state index contributed by atoms with van der Waals surface area (Å²) in [6.45, 7) is 16.4. The van der Waals surface area contributed by atoms with Crippen LogP contribution in [-0.4, -0.2) is 44.8 Å². The monoisotopic (exact) mass is 536 g/mol. The number of anilines is 1. The zero-order valence-electron chi connectivity index (χ0n) is 26.4. The van der Waals surface area contributed by atoms with E-state index < -0.39 is 0 Å². The molecular weight excluding hydrogens is 480 g/mol. The number of carbonyl (C=O) groups is 1. The Bertz CT molecular complexity index is 1010. The molecule has 3 rings (SSSR count). The van der Waals surface area contributed by atoms with Crippen LogP contribution in [0.2, 0.25) is 0 Å². The number of nitrogens with one attached hydrogen (secondary N) is 2. The van der Waals surface area contributed by atoms with Crippen molar-refractivity contribution in [3.63, 3.8) is 0 Å². The smallest absolute Gasteiger partial charge is 0.251 e. The maximum atomic E-state index is 13.2. The summed E-state index contributed by atoms with van der Waals surface area (Å²) < 4.78 is 0. The predicted octanol–water partition coefficient (Wildman–Crippen LogP) is 8.19. The number of nitrogens with zero attached hydrogens (tertiary/aromatic N) is 2. The Morgan fingerprint density at radius 1 is 1.00 bits per heavy atom. The van der Waals surface area contributed by atoms with Crippen LogP contribution in [0.1, 0.15) is 107 Å². The molecule has 0 heterocycles. The average Bonchev–Trinajstić information content (AvgIpc) is 2.93. The first-order chi connectivity index (χ1) is 18.8. The van der Waals surface area contributed by atoms with Crippen LogP contribution in [0.25, 0.3) is 0 Å². The summed E-state index contributed by atoms with van der Waals surface area (Å²) in [5.41, 5.74) is 7.57. The molecular formula is C34H56N4O. The Morgan fingerprint density at radius 2 is 1.62 bits per heavy atom. The highest BCUT2D eigenvalue weighted by molar-refractivity contribution is 5.97. The zero-order valence-corrected chi connectivity index (χ0v) is 26.4. The molecule has 0 radical (unpaired) electrons. The Kier molecular flexibility index (Phi) is 17.1. The molecule has 0 atom stereocenters. The van der Waals surface area contributed by atoms with Gasteiger partial charge in [-0.25, -0.2) is 0 Å². The molecule has 0 spiro atoms. The van der Waals surface area contributed by atoms with E-state index in [1.165, 1.54) is 55.3 Å². The average molecular weight is 537 g/mol. The fraction of sp³-hybridized carbons (Fsp3) is 0.588. The first-order valence-electron chi connectivity index (χ1n) is 15.1. The molecule has 0 unspecified atom stereocenters. The van der Waals surface area contributed by atoms with Crippen LogP contribution in [0.5, 0.6) is 0 Å². The molecule has 0 bridgehead atoms. The van der Waals surface area contributed by atoms with E-state index in [1.807, 2.05) is 39.2 Å². The van der Waals surface area contributed by atoms with Gasteiger partial charge in [0.15, 0.2) is 0 Å². The number of rotatable bonds is 9. The molecule has 0 aliphatic heterocycles. The topological polar surface area (TPSA) is 56.7 Å². The molecule has 1 saturated carbocycles. The van der Waals surface area contributed by atoms with Gasteiger partial charge in [0.05, 0.1) is 5.69 Å². The Hall–Kier alpha value is -2.66. The second-order valence-corrected chi connectivity index (χ2v) is 10.6. The van der Waals surface area contributed by atoms with Gasteiger partial charge in [-0.2, -0.15) is 0 Å². The van der Waals surface area contributed by atoms with Crippen molar-refractivity contribution in [2.24, 2.45) is 4.99 Å². The fourth-order valence-corrected chi connectivity index (χ4v) is 4.92. The standard InChI is InChI=1S/C29H41N3O.C3H8.C2H7N/c1-6-24-19-26(23(5)28(20-24)32(7-2)25-14-9-8-10-15-25)29(33)30-18-17-22(4)31-27-16-12-11-13-21(27)3;2*1-3-2/h11-13,16,19-20,25H,6-10,14-15,17-18H2,1-5H3,(H,30,33);3H2,1-2H3;3H,1-2H3. The van der Waals surface area contributed by atoms with E-state index in [0.717, 1.165) is 41.9 Å². The van der Waals surface area contributed by atoms with E-state index in [4.69, 9.17) is 4.99 Å². The molecule has 1 aliphatic rings. The van der Waals surface area contributed by atoms with E-state index in [2.05, 4.69) is 75.3 Å². The van der Waals surface area contributed by atoms with Gasteiger partial charge in [0, 0.05) is 42.5 Å². The van der Waals surface area contributed by atoms with Crippen LogP contribution in [0, 0.1) is 13.8 Å². The van der Waals surface area contributed by atoms with Crippen molar-refractivity contribution >= 4 is 23.0 Å². The summed E-state index contributed by atoms with van der Waals surface area (Å²) in [5, 5.41) is 5.90. The van der Waals surface area contributed by atoms with Gasteiger partial charge in [0.2, 0.25) is 0 Å². The van der Waals surface area contributed by atoms with Crippen LogP contribution >= 0.6 is 0 Å². The van der Waals surface area contributed by atoms with Gasteiger partial charge in [-0.1, -0.05) is 64.7 Å². The Labute approximate surface area is 239 Å². The van der Waals surface area contributed by atoms with Crippen molar-refractivity contribution in [1.82, 2.24) is 10.6 Å². The third-order valence-electron chi connectivity index (χ3n) is 6.96. The maximum absolute atomic E-state index is 13.2. The largest absolute Gasteiger partial charge is 0.369 e. The molecule has 2 N–H and O–H groups in total. The molecule has 0 aromatic heterocycles. The molecule has 2 aromatic rings. The number of carbonyl (C=O) groups excluding carboxylic acids is 1. The van der Waals surface area contributed by atoms with Gasteiger partial charge in [0.1, 0.15) is 0 Å². The number of para-hydroxylation sites is 1. The Morgan fingerprint density at radius 3 is 2.18 bits per heavy atom. The highest BCUT2D eigenvalue weighted by atomic mass is 16.1. The molecule has 0 saturated heterocycles. The predicted molar refractivity (Wildman–Crippen MR) is 172 cm³/mol. The van der Waals surface area contributed by atoms with Crippen LogP contribution in [0.4, 0.5) is 11.4 Å². The number of amides is 1. The van der Waals surface area contributed by atoms with Crippen molar-refractivity contribution < 1.29 is 4.79 Å². The van der Waals surface area contributed by atoms with Crippen molar-refractivity contribution in [2.45, 2.75) is 106 Å². The fourth-order valence-electron chi connectivity index (χ4n) is 4.92. The Balaban J connectivity index is 0.00000116. The van der Waals surface area contributed by atoms with Gasteiger partial charge < -0.3 is 15.5 Å². The number of benzene rings is 2. The SMILES string of the molecule is CCC.CCc1cc(C(=O)NCCC(C)=Nc2ccccc2C)c(C)c(N(CC)C2CCCCC2)c1.CNC. The second kappa shape index (κ2) is 19.4. The number of hydrogen-bond acceptors (Lipinski definition) is 4. The molecule has 2 aromatic carbocycles. The first-order valence-corrected chi connectivity index (χ1v) is 15.1. The molecule has 218 valence electrons. The lowest BCUT2D eigenvalue weighted by atomic mass is 9.92. The summed E-state index contributed by atoms with van der Waals surface area (Å²) in [4.78, 5) is 20.5. The number of aryl methyl sites for hydroxylation is 2. The van der Waals surface area contributed by atoms with Crippen molar-refractivity contribution in [3.8, 4) is 0 Å².